The zero-order chi connectivity index (χ0) is 19.7. The molecule has 1 aliphatic heterocycles. The summed E-state index contributed by atoms with van der Waals surface area (Å²) in [5.41, 5.74) is 2.24. The number of nitriles is 1. The zero-order valence-corrected chi connectivity index (χ0v) is 16.2. The average Bonchev–Trinajstić information content (AvgIpc) is 2.67. The Hall–Kier alpha value is -2.55. The molecule has 1 heterocycles. The second kappa shape index (κ2) is 7.46. The third kappa shape index (κ3) is 3.58. The van der Waals surface area contributed by atoms with Gasteiger partial charge in [0, 0.05) is 28.1 Å². The number of fused-ring (bicyclic) bond motifs is 1. The van der Waals surface area contributed by atoms with E-state index in [2.05, 4.69) is 11.4 Å². The van der Waals surface area contributed by atoms with E-state index in [4.69, 9.17) is 11.6 Å². The standard InChI is InChI=1S/C22H15ClF2N2S/c23-16-7-5-15(6-8-16)21-22(13-26,12-14-9-17(24)11-18(25)10-14)28-20-4-2-1-3-19(20)27-21/h1-11,21,27H,12H2. The lowest BCUT2D eigenvalue weighted by Gasteiger charge is -2.40. The molecule has 3 aromatic rings. The zero-order valence-electron chi connectivity index (χ0n) is 14.6. The van der Waals surface area contributed by atoms with E-state index in [-0.39, 0.29) is 12.5 Å². The molecule has 0 fully saturated rings. The first-order valence-electron chi connectivity index (χ1n) is 8.65. The van der Waals surface area contributed by atoms with Crippen LogP contribution in [-0.2, 0) is 6.42 Å². The molecule has 2 atom stereocenters. The fourth-order valence-corrected chi connectivity index (χ4v) is 4.99. The largest absolute Gasteiger partial charge is 0.375 e. The van der Waals surface area contributed by atoms with Gasteiger partial charge in [-0.25, -0.2) is 8.78 Å². The van der Waals surface area contributed by atoms with Gasteiger partial charge in [-0.05, 0) is 47.5 Å². The minimum atomic E-state index is -0.998. The van der Waals surface area contributed by atoms with Crippen LogP contribution in [-0.4, -0.2) is 4.75 Å². The molecule has 0 aliphatic carbocycles. The lowest BCUT2D eigenvalue weighted by molar-refractivity contribution is 0.566. The molecule has 0 spiro atoms. The van der Waals surface area contributed by atoms with Crippen molar-refractivity contribution in [3.63, 3.8) is 0 Å². The first-order chi connectivity index (χ1) is 13.5. The van der Waals surface area contributed by atoms with Crippen LogP contribution < -0.4 is 5.32 Å². The van der Waals surface area contributed by atoms with E-state index in [9.17, 15) is 14.0 Å². The molecule has 28 heavy (non-hydrogen) atoms. The predicted molar refractivity (Wildman–Crippen MR) is 109 cm³/mol. The van der Waals surface area contributed by atoms with E-state index in [1.54, 1.807) is 12.1 Å². The summed E-state index contributed by atoms with van der Waals surface area (Å²) in [7, 11) is 0. The summed E-state index contributed by atoms with van der Waals surface area (Å²) in [5.74, 6) is -1.30. The Labute approximate surface area is 171 Å². The second-order valence-corrected chi connectivity index (χ2v) is 8.49. The molecule has 0 saturated heterocycles. The van der Waals surface area contributed by atoms with E-state index < -0.39 is 16.4 Å². The molecule has 0 amide bonds. The van der Waals surface area contributed by atoms with E-state index in [1.165, 1.54) is 23.9 Å². The fourth-order valence-electron chi connectivity index (χ4n) is 3.49. The highest BCUT2D eigenvalue weighted by atomic mass is 35.5. The maximum atomic E-state index is 13.8. The maximum Gasteiger partial charge on any atom is 0.135 e. The minimum absolute atomic E-state index is 0.178. The number of para-hydroxylation sites is 1. The van der Waals surface area contributed by atoms with Gasteiger partial charge in [-0.2, -0.15) is 5.26 Å². The van der Waals surface area contributed by atoms with Crippen molar-refractivity contribution >= 4 is 29.1 Å². The van der Waals surface area contributed by atoms with Gasteiger partial charge >= 0.3 is 0 Å². The predicted octanol–water partition coefficient (Wildman–Crippen LogP) is 6.38. The first-order valence-corrected chi connectivity index (χ1v) is 9.85. The molecule has 3 aromatic carbocycles. The normalized spacial score (nSPS) is 20.7. The van der Waals surface area contributed by atoms with E-state index in [1.807, 2.05) is 36.4 Å². The molecule has 1 aliphatic rings. The number of halogens is 3. The molecule has 140 valence electrons. The molecular weight excluding hydrogens is 398 g/mol. The molecule has 0 aromatic heterocycles. The Morgan fingerprint density at radius 3 is 2.39 bits per heavy atom. The highest BCUT2D eigenvalue weighted by Gasteiger charge is 2.45. The minimum Gasteiger partial charge on any atom is -0.375 e. The van der Waals surface area contributed by atoms with Crippen molar-refractivity contribution in [1.29, 1.82) is 5.26 Å². The van der Waals surface area contributed by atoms with Gasteiger partial charge in [-0.15, -0.1) is 0 Å². The first kappa shape index (κ1) is 18.8. The molecule has 2 nitrogen and oxygen atoms in total. The van der Waals surface area contributed by atoms with Crippen molar-refractivity contribution < 1.29 is 8.78 Å². The van der Waals surface area contributed by atoms with Gasteiger partial charge in [-0.3, -0.25) is 0 Å². The summed E-state index contributed by atoms with van der Waals surface area (Å²) in [6.45, 7) is 0. The van der Waals surface area contributed by atoms with Crippen LogP contribution in [0.5, 0.6) is 0 Å². The third-order valence-electron chi connectivity index (χ3n) is 4.73. The number of hydrogen-bond donors (Lipinski definition) is 1. The monoisotopic (exact) mass is 412 g/mol. The molecule has 0 bridgehead atoms. The van der Waals surface area contributed by atoms with Crippen LogP contribution in [0, 0.1) is 23.0 Å². The lowest BCUT2D eigenvalue weighted by atomic mass is 9.87. The van der Waals surface area contributed by atoms with Gasteiger partial charge < -0.3 is 5.32 Å². The molecular formula is C22H15ClF2N2S. The number of anilines is 1. The molecule has 4 rings (SSSR count). The number of nitrogens with zero attached hydrogens (tertiary/aromatic N) is 1. The van der Waals surface area contributed by atoms with Crippen molar-refractivity contribution in [1.82, 2.24) is 0 Å². The van der Waals surface area contributed by atoms with Crippen LogP contribution in [0.25, 0.3) is 0 Å². The quantitative estimate of drug-likeness (QED) is 0.542. The summed E-state index contributed by atoms with van der Waals surface area (Å²) in [6.07, 6.45) is 0.178. The molecule has 0 saturated carbocycles. The average molecular weight is 413 g/mol. The highest BCUT2D eigenvalue weighted by Crippen LogP contribution is 2.52. The van der Waals surface area contributed by atoms with E-state index >= 15 is 0 Å². The maximum absolute atomic E-state index is 13.8. The Bertz CT molecular complexity index is 1040. The Balaban J connectivity index is 1.82. The topological polar surface area (TPSA) is 35.8 Å². The van der Waals surface area contributed by atoms with Crippen LogP contribution in [0.3, 0.4) is 0 Å². The number of nitrogens with one attached hydrogen (secondary N) is 1. The molecule has 0 radical (unpaired) electrons. The third-order valence-corrected chi connectivity index (χ3v) is 6.39. The number of thioether (sulfide) groups is 1. The summed E-state index contributed by atoms with van der Waals surface area (Å²) in [4.78, 5) is 0.922. The number of benzene rings is 3. The van der Waals surface area contributed by atoms with Crippen molar-refractivity contribution in [2.24, 2.45) is 0 Å². The van der Waals surface area contributed by atoms with Gasteiger partial charge in [0.25, 0.3) is 0 Å². The lowest BCUT2D eigenvalue weighted by Crippen LogP contribution is -2.41. The highest BCUT2D eigenvalue weighted by molar-refractivity contribution is 8.01. The van der Waals surface area contributed by atoms with E-state index in [0.717, 1.165) is 22.2 Å². The smallest absolute Gasteiger partial charge is 0.135 e. The number of hydrogen-bond acceptors (Lipinski definition) is 3. The van der Waals surface area contributed by atoms with Gasteiger partial charge in [0.1, 0.15) is 16.4 Å². The second-order valence-electron chi connectivity index (χ2n) is 6.68. The van der Waals surface area contributed by atoms with Crippen molar-refractivity contribution in [2.75, 3.05) is 5.32 Å². The van der Waals surface area contributed by atoms with Gasteiger partial charge in [-0.1, -0.05) is 47.6 Å². The van der Waals surface area contributed by atoms with Crippen LogP contribution in [0.15, 0.2) is 71.6 Å². The number of rotatable bonds is 3. The van der Waals surface area contributed by atoms with Crippen LogP contribution in [0.1, 0.15) is 17.2 Å². The van der Waals surface area contributed by atoms with Crippen LogP contribution in [0.4, 0.5) is 14.5 Å². The Kier molecular flexibility index (Phi) is 5.01. The van der Waals surface area contributed by atoms with E-state index in [0.29, 0.717) is 10.6 Å². The van der Waals surface area contributed by atoms with Crippen LogP contribution >= 0.6 is 23.4 Å². The van der Waals surface area contributed by atoms with Gasteiger partial charge in [0.2, 0.25) is 0 Å². The van der Waals surface area contributed by atoms with Crippen LogP contribution in [0.2, 0.25) is 5.02 Å². The van der Waals surface area contributed by atoms with Crippen molar-refractivity contribution in [2.45, 2.75) is 22.1 Å². The summed E-state index contributed by atoms with van der Waals surface area (Å²) < 4.78 is 26.5. The Morgan fingerprint density at radius 1 is 1.04 bits per heavy atom. The summed E-state index contributed by atoms with van der Waals surface area (Å²) in [5, 5.41) is 14.3. The van der Waals surface area contributed by atoms with Gasteiger partial charge in [0.15, 0.2) is 0 Å². The van der Waals surface area contributed by atoms with Crippen molar-refractivity contribution in [3.8, 4) is 6.07 Å². The SMILES string of the molecule is N#CC1(Cc2cc(F)cc(F)c2)Sc2ccccc2NC1c1ccc(Cl)cc1. The fraction of sp³-hybridized carbons (Fsp3) is 0.136. The van der Waals surface area contributed by atoms with Crippen molar-refractivity contribution in [3.05, 3.63) is 94.5 Å². The molecule has 2 unspecified atom stereocenters. The Morgan fingerprint density at radius 2 is 1.71 bits per heavy atom. The summed E-state index contributed by atoms with van der Waals surface area (Å²) >= 11 is 7.44. The van der Waals surface area contributed by atoms with Gasteiger partial charge in [0.05, 0.1) is 12.1 Å². The molecule has 6 heteroatoms. The molecule has 1 N–H and O–H groups in total. The summed E-state index contributed by atoms with van der Waals surface area (Å²) in [6, 6.07) is 20.4.